The lowest BCUT2D eigenvalue weighted by Crippen LogP contribution is -2.05. The summed E-state index contributed by atoms with van der Waals surface area (Å²) in [4.78, 5) is 21.4. The van der Waals surface area contributed by atoms with E-state index in [-0.39, 0.29) is 19.0 Å². The molecule has 0 atom stereocenters. The van der Waals surface area contributed by atoms with E-state index in [9.17, 15) is 14.0 Å². The minimum absolute atomic E-state index is 0.220. The zero-order valence-corrected chi connectivity index (χ0v) is 11.0. The van der Waals surface area contributed by atoms with Crippen molar-refractivity contribution in [3.63, 3.8) is 0 Å². The van der Waals surface area contributed by atoms with E-state index in [1.54, 1.807) is 0 Å². The Morgan fingerprint density at radius 3 is 2.80 bits per heavy atom. The van der Waals surface area contributed by atoms with Gasteiger partial charge in [0, 0.05) is 18.1 Å². The van der Waals surface area contributed by atoms with Gasteiger partial charge in [-0.05, 0) is 30.7 Å². The highest BCUT2D eigenvalue weighted by Crippen LogP contribution is 2.21. The summed E-state index contributed by atoms with van der Waals surface area (Å²) in [5, 5.41) is 8.56. The normalized spacial score (nSPS) is 10.5. The van der Waals surface area contributed by atoms with E-state index in [0.29, 0.717) is 17.7 Å². The van der Waals surface area contributed by atoms with E-state index in [0.717, 1.165) is 6.08 Å². The molecule has 108 valence electrons. The predicted molar refractivity (Wildman–Crippen MR) is 69.8 cm³/mol. The van der Waals surface area contributed by atoms with Gasteiger partial charge in [-0.3, -0.25) is 4.79 Å². The minimum Gasteiger partial charge on any atom is -0.493 e. The summed E-state index contributed by atoms with van der Waals surface area (Å²) in [6.45, 7) is 0.245. The summed E-state index contributed by atoms with van der Waals surface area (Å²) < 4.78 is 23.0. The van der Waals surface area contributed by atoms with Crippen LogP contribution in [0.4, 0.5) is 4.39 Å². The van der Waals surface area contributed by atoms with Gasteiger partial charge in [-0.25, -0.2) is 9.18 Å². The smallest absolute Gasteiger partial charge is 0.328 e. The molecule has 0 fully saturated rings. The number of carbonyl (C=O) groups excluding carboxylic acids is 1. The van der Waals surface area contributed by atoms with E-state index >= 15 is 0 Å². The highest BCUT2D eigenvalue weighted by Gasteiger charge is 2.05. The average Bonchev–Trinajstić information content (AvgIpc) is 2.42. The van der Waals surface area contributed by atoms with Crippen molar-refractivity contribution < 1.29 is 28.6 Å². The Morgan fingerprint density at radius 2 is 2.15 bits per heavy atom. The van der Waals surface area contributed by atoms with Gasteiger partial charge in [-0.2, -0.15) is 0 Å². The molecule has 6 heteroatoms. The minimum atomic E-state index is -1.13. The molecule has 0 saturated heterocycles. The molecule has 0 amide bonds. The highest BCUT2D eigenvalue weighted by molar-refractivity contribution is 5.85. The fourth-order valence-corrected chi connectivity index (χ4v) is 1.44. The summed E-state index contributed by atoms with van der Waals surface area (Å²) >= 11 is 0. The number of ether oxygens (including phenoxy) is 2. The molecule has 0 bridgehead atoms. The summed E-state index contributed by atoms with van der Waals surface area (Å²) in [6.07, 6.45) is 2.82. The van der Waals surface area contributed by atoms with Crippen molar-refractivity contribution in [2.24, 2.45) is 0 Å². The maximum Gasteiger partial charge on any atom is 0.328 e. The number of halogens is 1. The first-order chi connectivity index (χ1) is 9.52. The van der Waals surface area contributed by atoms with Crippen molar-refractivity contribution >= 4 is 18.0 Å². The molecule has 0 heterocycles. The number of methoxy groups -OCH3 is 1. The molecule has 1 N–H and O–H groups in total. The van der Waals surface area contributed by atoms with Crippen LogP contribution in [0.2, 0.25) is 0 Å². The van der Waals surface area contributed by atoms with Gasteiger partial charge in [0.15, 0.2) is 0 Å². The molecule has 0 aliphatic heterocycles. The van der Waals surface area contributed by atoms with Crippen LogP contribution in [0, 0.1) is 5.82 Å². The number of carboxylic acids is 1. The number of esters is 1. The van der Waals surface area contributed by atoms with Crippen LogP contribution in [-0.4, -0.2) is 30.8 Å². The van der Waals surface area contributed by atoms with Crippen molar-refractivity contribution in [3.05, 3.63) is 35.7 Å². The Kier molecular flexibility index (Phi) is 6.22. The first kappa shape index (κ1) is 15.7. The molecule has 1 aromatic carbocycles. The van der Waals surface area contributed by atoms with Crippen LogP contribution in [0.15, 0.2) is 24.3 Å². The van der Waals surface area contributed by atoms with Crippen LogP contribution in [0.5, 0.6) is 5.75 Å². The van der Waals surface area contributed by atoms with E-state index in [1.807, 2.05) is 0 Å². The Bertz CT molecular complexity index is 510. The third kappa shape index (κ3) is 5.51. The standard InChI is InChI=1S/C14H15FO5/c1-19-14(18)3-2-8-20-12-6-5-11(15)9-10(12)4-7-13(16)17/h4-7,9H,2-3,8H2,1H3,(H,16,17)/b7-4+. The molecular formula is C14H15FO5. The molecule has 0 saturated carbocycles. The topological polar surface area (TPSA) is 72.8 Å². The zero-order chi connectivity index (χ0) is 15.0. The molecular weight excluding hydrogens is 267 g/mol. The second kappa shape index (κ2) is 7.93. The van der Waals surface area contributed by atoms with Gasteiger partial charge in [-0.1, -0.05) is 0 Å². The van der Waals surface area contributed by atoms with Crippen LogP contribution >= 0.6 is 0 Å². The number of hydrogen-bond donors (Lipinski definition) is 1. The van der Waals surface area contributed by atoms with Gasteiger partial charge >= 0.3 is 11.9 Å². The monoisotopic (exact) mass is 282 g/mol. The maximum atomic E-state index is 13.1. The summed E-state index contributed by atoms with van der Waals surface area (Å²) in [5.74, 6) is -1.60. The van der Waals surface area contributed by atoms with Crippen molar-refractivity contribution in [1.82, 2.24) is 0 Å². The van der Waals surface area contributed by atoms with Crippen molar-refractivity contribution in [2.75, 3.05) is 13.7 Å². The molecule has 0 aliphatic carbocycles. The summed E-state index contributed by atoms with van der Waals surface area (Å²) in [6, 6.07) is 3.80. The van der Waals surface area contributed by atoms with Crippen LogP contribution in [0.1, 0.15) is 18.4 Å². The second-order valence-corrected chi connectivity index (χ2v) is 3.88. The largest absolute Gasteiger partial charge is 0.493 e. The number of hydrogen-bond acceptors (Lipinski definition) is 4. The Hall–Kier alpha value is -2.37. The fourth-order valence-electron chi connectivity index (χ4n) is 1.44. The van der Waals surface area contributed by atoms with E-state index in [2.05, 4.69) is 4.74 Å². The van der Waals surface area contributed by atoms with Gasteiger partial charge in [0.1, 0.15) is 11.6 Å². The predicted octanol–water partition coefficient (Wildman–Crippen LogP) is 2.26. The molecule has 5 nitrogen and oxygen atoms in total. The molecule has 0 aromatic heterocycles. The molecule has 20 heavy (non-hydrogen) atoms. The van der Waals surface area contributed by atoms with Crippen LogP contribution in [0.25, 0.3) is 6.08 Å². The molecule has 0 unspecified atom stereocenters. The third-order valence-electron chi connectivity index (χ3n) is 2.39. The van der Waals surface area contributed by atoms with Gasteiger partial charge in [0.2, 0.25) is 0 Å². The second-order valence-electron chi connectivity index (χ2n) is 3.88. The lowest BCUT2D eigenvalue weighted by Gasteiger charge is -2.09. The van der Waals surface area contributed by atoms with Crippen LogP contribution in [-0.2, 0) is 14.3 Å². The Balaban J connectivity index is 2.64. The van der Waals surface area contributed by atoms with Crippen LogP contribution < -0.4 is 4.74 Å². The van der Waals surface area contributed by atoms with E-state index in [4.69, 9.17) is 9.84 Å². The highest BCUT2D eigenvalue weighted by atomic mass is 19.1. The SMILES string of the molecule is COC(=O)CCCOc1ccc(F)cc1/C=C/C(=O)O. The first-order valence-corrected chi connectivity index (χ1v) is 5.93. The number of carboxylic acid groups (broad SMARTS) is 1. The zero-order valence-electron chi connectivity index (χ0n) is 11.0. The molecule has 0 aliphatic rings. The summed E-state index contributed by atoms with van der Waals surface area (Å²) in [5.41, 5.74) is 0.325. The summed E-state index contributed by atoms with van der Waals surface area (Å²) in [7, 11) is 1.30. The number of carbonyl (C=O) groups is 2. The third-order valence-corrected chi connectivity index (χ3v) is 2.39. The van der Waals surface area contributed by atoms with Gasteiger partial charge in [0.25, 0.3) is 0 Å². The number of aliphatic carboxylic acids is 1. The van der Waals surface area contributed by atoms with Crippen molar-refractivity contribution in [1.29, 1.82) is 0 Å². The maximum absolute atomic E-state index is 13.1. The molecule has 0 radical (unpaired) electrons. The van der Waals surface area contributed by atoms with Crippen molar-refractivity contribution in [2.45, 2.75) is 12.8 Å². The van der Waals surface area contributed by atoms with E-state index in [1.165, 1.54) is 31.4 Å². The molecule has 0 spiro atoms. The average molecular weight is 282 g/mol. The molecule has 1 aromatic rings. The van der Waals surface area contributed by atoms with Gasteiger partial charge < -0.3 is 14.6 Å². The quantitative estimate of drug-likeness (QED) is 0.472. The lowest BCUT2D eigenvalue weighted by atomic mass is 10.2. The lowest BCUT2D eigenvalue weighted by molar-refractivity contribution is -0.140. The fraction of sp³-hybridized carbons (Fsp3) is 0.286. The van der Waals surface area contributed by atoms with Crippen molar-refractivity contribution in [3.8, 4) is 5.75 Å². The van der Waals surface area contributed by atoms with Gasteiger partial charge in [-0.15, -0.1) is 0 Å². The number of rotatable bonds is 7. The first-order valence-electron chi connectivity index (χ1n) is 5.93. The Labute approximate surface area is 115 Å². The van der Waals surface area contributed by atoms with E-state index < -0.39 is 11.8 Å². The van der Waals surface area contributed by atoms with Crippen LogP contribution in [0.3, 0.4) is 0 Å². The van der Waals surface area contributed by atoms with Gasteiger partial charge in [0.05, 0.1) is 13.7 Å². The molecule has 1 rings (SSSR count). The Morgan fingerprint density at radius 1 is 1.40 bits per heavy atom. The number of benzene rings is 1.